The second-order valence-electron chi connectivity index (χ2n) is 9.49. The van der Waals surface area contributed by atoms with Crippen LogP contribution in [0, 0.1) is 6.92 Å². The zero-order valence-corrected chi connectivity index (χ0v) is 21.8. The predicted octanol–water partition coefficient (Wildman–Crippen LogP) is 5.24. The monoisotopic (exact) mass is 503 g/mol. The van der Waals surface area contributed by atoms with Crippen LogP contribution in [-0.2, 0) is 14.3 Å². The molecule has 0 heterocycles. The van der Waals surface area contributed by atoms with Crippen molar-refractivity contribution in [1.82, 2.24) is 5.32 Å². The highest BCUT2D eigenvalue weighted by atomic mass is 16.6. The SMILES string of the molecule is COc1ccc(C(C(=O)OC(C)(C)C)N(C(=O)CNC(=O)Nc2cccc(C)c2)c2ccccc2)cc1. The largest absolute Gasteiger partial charge is 0.497 e. The molecule has 0 saturated carbocycles. The van der Waals surface area contributed by atoms with E-state index in [0.717, 1.165) is 5.56 Å². The number of nitrogens with zero attached hydrogens (tertiary/aromatic N) is 1. The quantitative estimate of drug-likeness (QED) is 0.410. The number of benzene rings is 3. The molecule has 1 atom stereocenters. The average Bonchev–Trinajstić information content (AvgIpc) is 2.85. The van der Waals surface area contributed by atoms with Crippen molar-refractivity contribution in [2.24, 2.45) is 0 Å². The van der Waals surface area contributed by atoms with Crippen molar-refractivity contribution in [1.29, 1.82) is 0 Å². The summed E-state index contributed by atoms with van der Waals surface area (Å²) in [6.07, 6.45) is 0. The minimum atomic E-state index is -1.10. The molecule has 0 bridgehead atoms. The second-order valence-corrected chi connectivity index (χ2v) is 9.49. The molecule has 1 unspecified atom stereocenters. The van der Waals surface area contributed by atoms with Crippen molar-refractivity contribution in [3.63, 3.8) is 0 Å². The standard InChI is InChI=1S/C29H33N3O5/c1-20-10-9-11-22(18-20)31-28(35)30-19-25(33)32(23-12-7-6-8-13-23)26(27(34)37-29(2,3)4)21-14-16-24(36-5)17-15-21/h6-18,26H,19H2,1-5H3,(H2,30,31,35). The molecule has 0 fully saturated rings. The van der Waals surface area contributed by atoms with Crippen LogP contribution in [0.1, 0.15) is 37.9 Å². The van der Waals surface area contributed by atoms with Crippen LogP contribution in [0.5, 0.6) is 5.75 Å². The molecule has 0 aromatic heterocycles. The van der Waals surface area contributed by atoms with Crippen LogP contribution in [0.3, 0.4) is 0 Å². The number of hydrogen-bond acceptors (Lipinski definition) is 5. The maximum atomic E-state index is 13.6. The third-order valence-corrected chi connectivity index (χ3v) is 5.30. The van der Waals surface area contributed by atoms with Gasteiger partial charge in [-0.25, -0.2) is 9.59 Å². The Hall–Kier alpha value is -4.33. The fourth-order valence-corrected chi connectivity index (χ4v) is 3.70. The molecule has 3 aromatic carbocycles. The van der Waals surface area contributed by atoms with E-state index in [0.29, 0.717) is 22.7 Å². The Balaban J connectivity index is 1.91. The maximum Gasteiger partial charge on any atom is 0.334 e. The van der Waals surface area contributed by atoms with Crippen molar-refractivity contribution in [2.45, 2.75) is 39.3 Å². The molecule has 37 heavy (non-hydrogen) atoms. The zero-order valence-electron chi connectivity index (χ0n) is 21.8. The lowest BCUT2D eigenvalue weighted by Crippen LogP contribution is -2.46. The number of methoxy groups -OCH3 is 1. The summed E-state index contributed by atoms with van der Waals surface area (Å²) in [4.78, 5) is 41.0. The molecule has 2 N–H and O–H groups in total. The van der Waals surface area contributed by atoms with E-state index in [1.54, 1.807) is 82.5 Å². The van der Waals surface area contributed by atoms with Crippen molar-refractivity contribution in [2.75, 3.05) is 23.9 Å². The van der Waals surface area contributed by atoms with Gasteiger partial charge in [0.1, 0.15) is 11.4 Å². The van der Waals surface area contributed by atoms with Crippen LogP contribution in [0.2, 0.25) is 0 Å². The number of nitrogens with one attached hydrogen (secondary N) is 2. The molecule has 0 aliphatic heterocycles. The number of anilines is 2. The summed E-state index contributed by atoms with van der Waals surface area (Å²) in [6, 6.07) is 21.4. The molecular weight excluding hydrogens is 470 g/mol. The molecule has 8 nitrogen and oxygen atoms in total. The summed E-state index contributed by atoms with van der Waals surface area (Å²) in [6.45, 7) is 6.87. The van der Waals surface area contributed by atoms with Gasteiger partial charge in [-0.05, 0) is 75.2 Å². The molecule has 194 valence electrons. The number of para-hydroxylation sites is 1. The van der Waals surface area contributed by atoms with Crippen LogP contribution in [0.4, 0.5) is 16.2 Å². The minimum absolute atomic E-state index is 0.345. The lowest BCUT2D eigenvalue weighted by molar-refractivity contribution is -0.157. The number of aryl methyl sites for hydroxylation is 1. The average molecular weight is 504 g/mol. The molecule has 0 radical (unpaired) electrons. The normalized spacial score (nSPS) is 11.7. The Morgan fingerprint density at radius 2 is 1.59 bits per heavy atom. The predicted molar refractivity (Wildman–Crippen MR) is 144 cm³/mol. The lowest BCUT2D eigenvalue weighted by Gasteiger charge is -2.33. The first kappa shape index (κ1) is 27.3. The van der Waals surface area contributed by atoms with Crippen LogP contribution in [-0.4, -0.2) is 37.2 Å². The summed E-state index contributed by atoms with van der Waals surface area (Å²) in [5.74, 6) is -0.477. The van der Waals surface area contributed by atoms with Gasteiger partial charge < -0.3 is 20.1 Å². The minimum Gasteiger partial charge on any atom is -0.497 e. The highest BCUT2D eigenvalue weighted by molar-refractivity contribution is 6.03. The molecule has 8 heteroatoms. The molecule has 0 saturated heterocycles. The number of hydrogen-bond donors (Lipinski definition) is 2. The molecule has 3 rings (SSSR count). The van der Waals surface area contributed by atoms with E-state index in [-0.39, 0.29) is 6.54 Å². The first-order valence-corrected chi connectivity index (χ1v) is 11.9. The molecular formula is C29H33N3O5. The molecule has 0 aliphatic carbocycles. The van der Waals surface area contributed by atoms with Gasteiger partial charge in [0.25, 0.3) is 0 Å². The number of carbonyl (C=O) groups is 3. The van der Waals surface area contributed by atoms with E-state index in [2.05, 4.69) is 10.6 Å². The summed E-state index contributed by atoms with van der Waals surface area (Å²) in [5, 5.41) is 5.32. The summed E-state index contributed by atoms with van der Waals surface area (Å²) in [5.41, 5.74) is 1.84. The molecule has 0 aliphatic rings. The van der Waals surface area contributed by atoms with Gasteiger partial charge in [-0.15, -0.1) is 0 Å². The number of carbonyl (C=O) groups excluding carboxylic acids is 3. The van der Waals surface area contributed by atoms with Gasteiger partial charge in [-0.3, -0.25) is 9.69 Å². The first-order chi connectivity index (χ1) is 17.6. The Kier molecular flexibility index (Phi) is 8.90. The first-order valence-electron chi connectivity index (χ1n) is 11.9. The zero-order chi connectivity index (χ0) is 27.0. The van der Waals surface area contributed by atoms with Crippen molar-refractivity contribution >= 4 is 29.3 Å². The highest BCUT2D eigenvalue weighted by Gasteiger charge is 2.36. The van der Waals surface area contributed by atoms with Crippen LogP contribution in [0.25, 0.3) is 0 Å². The van der Waals surface area contributed by atoms with Gasteiger partial charge in [0.2, 0.25) is 5.91 Å². The fraction of sp³-hybridized carbons (Fsp3) is 0.276. The fourth-order valence-electron chi connectivity index (χ4n) is 3.70. The van der Waals surface area contributed by atoms with E-state index in [1.807, 2.05) is 31.2 Å². The number of ether oxygens (including phenoxy) is 2. The van der Waals surface area contributed by atoms with Gasteiger partial charge in [0.15, 0.2) is 6.04 Å². The van der Waals surface area contributed by atoms with E-state index in [9.17, 15) is 14.4 Å². The Bertz CT molecular complexity index is 1220. The molecule has 3 amide bonds. The van der Waals surface area contributed by atoms with Gasteiger partial charge in [0, 0.05) is 11.4 Å². The summed E-state index contributed by atoms with van der Waals surface area (Å²) >= 11 is 0. The number of urea groups is 1. The topological polar surface area (TPSA) is 97.0 Å². The Labute approximate surface area is 217 Å². The van der Waals surface area contributed by atoms with Crippen molar-refractivity contribution in [3.8, 4) is 5.75 Å². The maximum absolute atomic E-state index is 13.6. The van der Waals surface area contributed by atoms with Gasteiger partial charge in [-0.2, -0.15) is 0 Å². The van der Waals surface area contributed by atoms with Crippen molar-refractivity contribution in [3.05, 3.63) is 90.0 Å². The number of esters is 1. The molecule has 0 spiro atoms. The van der Waals surface area contributed by atoms with E-state index < -0.39 is 29.6 Å². The third-order valence-electron chi connectivity index (χ3n) is 5.30. The molecule has 3 aromatic rings. The smallest absolute Gasteiger partial charge is 0.334 e. The Morgan fingerprint density at radius 3 is 2.19 bits per heavy atom. The third kappa shape index (κ3) is 7.83. The van der Waals surface area contributed by atoms with Crippen LogP contribution < -0.4 is 20.3 Å². The number of rotatable bonds is 8. The van der Waals surface area contributed by atoms with Crippen LogP contribution in [0.15, 0.2) is 78.9 Å². The van der Waals surface area contributed by atoms with Crippen LogP contribution >= 0.6 is 0 Å². The lowest BCUT2D eigenvalue weighted by atomic mass is 10.0. The van der Waals surface area contributed by atoms with Gasteiger partial charge in [-0.1, -0.05) is 42.5 Å². The summed E-state index contributed by atoms with van der Waals surface area (Å²) in [7, 11) is 1.55. The van der Waals surface area contributed by atoms with E-state index in [4.69, 9.17) is 9.47 Å². The highest BCUT2D eigenvalue weighted by Crippen LogP contribution is 2.31. The van der Waals surface area contributed by atoms with Gasteiger partial charge in [0.05, 0.1) is 13.7 Å². The summed E-state index contributed by atoms with van der Waals surface area (Å²) < 4.78 is 11.0. The second kappa shape index (κ2) is 12.1. The van der Waals surface area contributed by atoms with E-state index in [1.165, 1.54) is 4.90 Å². The van der Waals surface area contributed by atoms with E-state index >= 15 is 0 Å². The van der Waals surface area contributed by atoms with Crippen molar-refractivity contribution < 1.29 is 23.9 Å². The number of amides is 3. The Morgan fingerprint density at radius 1 is 0.919 bits per heavy atom. The van der Waals surface area contributed by atoms with Gasteiger partial charge >= 0.3 is 12.0 Å².